The van der Waals surface area contributed by atoms with Gasteiger partial charge in [0.05, 0.1) is 31.1 Å². The second-order valence-corrected chi connectivity index (χ2v) is 10.9. The van der Waals surface area contributed by atoms with Gasteiger partial charge in [0.25, 0.3) is 5.91 Å². The summed E-state index contributed by atoms with van der Waals surface area (Å²) in [4.78, 5) is 27.2. The summed E-state index contributed by atoms with van der Waals surface area (Å²) in [6.07, 6.45) is 15.3. The molecule has 0 saturated heterocycles. The Morgan fingerprint density at radius 2 is 2.02 bits per heavy atom. The van der Waals surface area contributed by atoms with Crippen LogP contribution in [0.3, 0.4) is 0 Å². The summed E-state index contributed by atoms with van der Waals surface area (Å²) in [5.74, 6) is 0.430. The molecule has 1 fully saturated rings. The van der Waals surface area contributed by atoms with Crippen molar-refractivity contribution in [3.63, 3.8) is 0 Å². The third kappa shape index (κ3) is 4.74. The van der Waals surface area contributed by atoms with Crippen molar-refractivity contribution in [1.82, 2.24) is 24.3 Å². The van der Waals surface area contributed by atoms with E-state index in [9.17, 15) is 9.18 Å². The normalized spacial score (nSPS) is 17.8. The Balaban J connectivity index is 1.40. The van der Waals surface area contributed by atoms with Crippen LogP contribution in [0.5, 0.6) is 5.75 Å². The van der Waals surface area contributed by atoms with E-state index < -0.39 is 5.82 Å². The molecule has 2 aliphatic heterocycles. The van der Waals surface area contributed by atoms with E-state index in [1.165, 1.54) is 17.3 Å². The first-order chi connectivity index (χ1) is 19.4. The lowest BCUT2D eigenvalue weighted by atomic mass is 9.81. The highest BCUT2D eigenvalue weighted by Crippen LogP contribution is 2.55. The predicted molar refractivity (Wildman–Crippen MR) is 152 cm³/mol. The smallest absolute Gasteiger partial charge is 0.254 e. The zero-order valence-corrected chi connectivity index (χ0v) is 23.2. The maximum atomic E-state index is 14.3. The zero-order chi connectivity index (χ0) is 27.9. The molecule has 0 unspecified atom stereocenters. The average Bonchev–Trinajstić information content (AvgIpc) is 3.59. The number of amides is 1. The van der Waals surface area contributed by atoms with Gasteiger partial charge in [0.2, 0.25) is 5.95 Å². The van der Waals surface area contributed by atoms with Crippen molar-refractivity contribution in [2.75, 3.05) is 32.1 Å². The molecule has 4 heterocycles. The van der Waals surface area contributed by atoms with Crippen molar-refractivity contribution in [3.05, 3.63) is 95.0 Å². The van der Waals surface area contributed by atoms with Crippen molar-refractivity contribution in [2.45, 2.75) is 51.2 Å². The van der Waals surface area contributed by atoms with Crippen LogP contribution in [0.4, 0.5) is 10.3 Å². The van der Waals surface area contributed by atoms with Gasteiger partial charge in [-0.3, -0.25) is 9.78 Å². The molecule has 40 heavy (non-hydrogen) atoms. The topological polar surface area (TPSA) is 75.5 Å². The number of pyridine rings is 1. The number of fused-ring (bicyclic) bond motifs is 2. The van der Waals surface area contributed by atoms with Crippen LogP contribution >= 0.6 is 0 Å². The van der Waals surface area contributed by atoms with E-state index in [4.69, 9.17) is 4.74 Å². The standard InChI is InChI=1S/C31H35FN6O2/c1-4-40-27-16-26(35-17-25(27)32)21(2)38-20-31(8-9-31)28-23(19-36-11-6-5-7-12-36)14-22(15-24(28)29(38)39)18-37-13-10-34-30(37)33-3/h5-7,10-11,13-17,21H,4,8-9,12,18-20H2,1-3H3,(H,33,34)/t21-/m0/s1. The van der Waals surface area contributed by atoms with Crippen molar-refractivity contribution >= 4 is 11.9 Å². The summed E-state index contributed by atoms with van der Waals surface area (Å²) in [5, 5.41) is 3.14. The minimum absolute atomic E-state index is 0.0132. The Hall–Kier alpha value is -4.14. The lowest BCUT2D eigenvalue weighted by molar-refractivity contribution is 0.0633. The summed E-state index contributed by atoms with van der Waals surface area (Å²) in [7, 11) is 1.85. The predicted octanol–water partition coefficient (Wildman–Crippen LogP) is 5.04. The van der Waals surface area contributed by atoms with Crippen LogP contribution in [-0.2, 0) is 18.5 Å². The van der Waals surface area contributed by atoms with Gasteiger partial charge in [0.1, 0.15) is 0 Å². The molecular formula is C31H35FN6O2. The Morgan fingerprint density at radius 3 is 2.75 bits per heavy atom. The first-order valence-corrected chi connectivity index (χ1v) is 13.9. The monoisotopic (exact) mass is 542 g/mol. The summed E-state index contributed by atoms with van der Waals surface area (Å²) in [5.41, 5.74) is 4.75. The molecule has 1 atom stereocenters. The van der Waals surface area contributed by atoms with Crippen molar-refractivity contribution in [3.8, 4) is 5.75 Å². The van der Waals surface area contributed by atoms with Gasteiger partial charge in [-0.15, -0.1) is 0 Å². The maximum absolute atomic E-state index is 14.3. The number of allylic oxidation sites excluding steroid dienone is 2. The molecule has 1 saturated carbocycles. The molecule has 1 spiro atoms. The third-order valence-electron chi connectivity index (χ3n) is 8.21. The zero-order valence-electron chi connectivity index (χ0n) is 23.2. The van der Waals surface area contributed by atoms with Crippen LogP contribution < -0.4 is 10.1 Å². The van der Waals surface area contributed by atoms with Gasteiger partial charge in [-0.2, -0.15) is 0 Å². The number of hydrogen-bond acceptors (Lipinski definition) is 6. The molecule has 3 aliphatic rings. The molecule has 6 rings (SSSR count). The van der Waals surface area contributed by atoms with E-state index in [2.05, 4.69) is 56.7 Å². The number of benzene rings is 1. The van der Waals surface area contributed by atoms with Gasteiger partial charge in [0, 0.05) is 56.1 Å². The van der Waals surface area contributed by atoms with Gasteiger partial charge < -0.3 is 24.4 Å². The van der Waals surface area contributed by atoms with E-state index in [1.54, 1.807) is 12.3 Å². The fraction of sp³-hybridized carbons (Fsp3) is 0.387. The largest absolute Gasteiger partial charge is 0.491 e. The Morgan fingerprint density at radius 1 is 1.18 bits per heavy atom. The second-order valence-electron chi connectivity index (χ2n) is 10.9. The summed E-state index contributed by atoms with van der Waals surface area (Å²) >= 11 is 0. The van der Waals surface area contributed by atoms with Crippen LogP contribution in [0, 0.1) is 5.82 Å². The molecule has 1 aliphatic carbocycles. The fourth-order valence-corrected chi connectivity index (χ4v) is 6.08. The highest BCUT2D eigenvalue weighted by Gasteiger charge is 2.53. The van der Waals surface area contributed by atoms with E-state index in [1.807, 2.05) is 36.6 Å². The van der Waals surface area contributed by atoms with E-state index in [-0.39, 0.29) is 23.1 Å². The molecule has 208 valence electrons. The summed E-state index contributed by atoms with van der Waals surface area (Å²) < 4.78 is 21.8. The Labute approximate surface area is 234 Å². The van der Waals surface area contributed by atoms with E-state index in [0.29, 0.717) is 25.4 Å². The second kappa shape index (κ2) is 10.4. The number of imidazole rings is 1. The minimum atomic E-state index is -0.497. The first kappa shape index (κ1) is 26.1. The number of rotatable bonds is 9. The number of carbonyl (C=O) groups excluding carboxylic acids is 1. The number of halogens is 1. The van der Waals surface area contributed by atoms with Gasteiger partial charge in [-0.1, -0.05) is 18.2 Å². The number of nitrogens with zero attached hydrogens (tertiary/aromatic N) is 5. The number of nitrogens with one attached hydrogen (secondary N) is 1. The van der Waals surface area contributed by atoms with E-state index in [0.717, 1.165) is 43.0 Å². The number of anilines is 1. The quantitative estimate of drug-likeness (QED) is 0.408. The molecule has 2 aromatic heterocycles. The van der Waals surface area contributed by atoms with Gasteiger partial charge in [0.15, 0.2) is 11.6 Å². The van der Waals surface area contributed by atoms with Gasteiger partial charge in [-0.25, -0.2) is 9.37 Å². The van der Waals surface area contributed by atoms with Crippen LogP contribution in [0.25, 0.3) is 0 Å². The maximum Gasteiger partial charge on any atom is 0.254 e. The molecule has 3 aromatic rings. The van der Waals surface area contributed by atoms with Crippen LogP contribution in [0.15, 0.2) is 61.2 Å². The minimum Gasteiger partial charge on any atom is -0.491 e. The molecule has 8 nitrogen and oxygen atoms in total. The molecule has 0 bridgehead atoms. The lowest BCUT2D eigenvalue weighted by Crippen LogP contribution is -2.45. The molecule has 1 aromatic carbocycles. The first-order valence-electron chi connectivity index (χ1n) is 13.9. The molecule has 0 radical (unpaired) electrons. The van der Waals surface area contributed by atoms with Crippen molar-refractivity contribution in [2.24, 2.45) is 0 Å². The lowest BCUT2D eigenvalue weighted by Gasteiger charge is -2.40. The van der Waals surface area contributed by atoms with Gasteiger partial charge in [-0.05, 0) is 61.7 Å². The number of carbonyl (C=O) groups is 1. The fourth-order valence-electron chi connectivity index (χ4n) is 6.08. The van der Waals surface area contributed by atoms with Crippen LogP contribution in [0.1, 0.15) is 65.5 Å². The number of ether oxygens (including phenoxy) is 1. The highest BCUT2D eigenvalue weighted by atomic mass is 19.1. The molecule has 1 N–H and O–H groups in total. The van der Waals surface area contributed by atoms with E-state index >= 15 is 0 Å². The van der Waals surface area contributed by atoms with Crippen LogP contribution in [-0.4, -0.2) is 57.0 Å². The van der Waals surface area contributed by atoms with Crippen molar-refractivity contribution < 1.29 is 13.9 Å². The average molecular weight is 543 g/mol. The Kier molecular flexibility index (Phi) is 6.82. The molecule has 1 amide bonds. The number of aromatic nitrogens is 3. The molecule has 9 heteroatoms. The number of hydrogen-bond donors (Lipinski definition) is 1. The van der Waals surface area contributed by atoms with Gasteiger partial charge >= 0.3 is 0 Å². The molecular weight excluding hydrogens is 507 g/mol. The SMILES string of the molecule is CCOc1cc([C@H](C)N2CC3(CC3)c3c(CN4C=CC=CC4)cc(Cn4ccnc4NC)cc3C2=O)ncc1F. The summed E-state index contributed by atoms with van der Waals surface area (Å²) in [6.45, 7) is 6.93. The highest BCUT2D eigenvalue weighted by molar-refractivity contribution is 5.98. The van der Waals surface area contributed by atoms with Crippen molar-refractivity contribution in [1.29, 1.82) is 0 Å². The van der Waals surface area contributed by atoms with Crippen LogP contribution in [0.2, 0.25) is 0 Å². The Bertz CT molecular complexity index is 1490. The summed E-state index contributed by atoms with van der Waals surface area (Å²) in [6, 6.07) is 5.63. The third-order valence-corrected chi connectivity index (χ3v) is 8.21.